The number of hydrogen-bond donors (Lipinski definition) is 2. The molecule has 1 rings (SSSR count). The topological polar surface area (TPSA) is 50.4 Å². The van der Waals surface area contributed by atoms with E-state index in [2.05, 4.69) is 24.5 Å². The van der Waals surface area contributed by atoms with Gasteiger partial charge in [-0.05, 0) is 32.8 Å². The molecule has 0 spiro atoms. The molecule has 0 bridgehead atoms. The van der Waals surface area contributed by atoms with Crippen molar-refractivity contribution in [1.82, 2.24) is 10.6 Å². The maximum Gasteiger partial charge on any atom is 0.319 e. The fourth-order valence-electron chi connectivity index (χ4n) is 1.93. The molecule has 1 atom stereocenters. The Labute approximate surface area is 127 Å². The van der Waals surface area contributed by atoms with Crippen molar-refractivity contribution in [3.63, 3.8) is 0 Å². The summed E-state index contributed by atoms with van der Waals surface area (Å²) >= 11 is 0. The average Bonchev–Trinajstić information content (AvgIpc) is 2.40. The average molecular weight is 290 g/mol. The van der Waals surface area contributed by atoms with Crippen LogP contribution in [0.5, 0.6) is 5.75 Å². The van der Waals surface area contributed by atoms with Gasteiger partial charge in [-0.2, -0.15) is 0 Å². The molecule has 1 aromatic rings. The summed E-state index contributed by atoms with van der Waals surface area (Å²) in [4.78, 5) is 11.8. The number of urea groups is 1. The fourth-order valence-corrected chi connectivity index (χ4v) is 1.93. The van der Waals surface area contributed by atoms with Gasteiger partial charge < -0.3 is 15.4 Å². The number of rotatable bonds is 6. The van der Waals surface area contributed by atoms with Crippen molar-refractivity contribution in [2.75, 3.05) is 6.61 Å². The van der Waals surface area contributed by atoms with Crippen LogP contribution in [-0.4, -0.2) is 12.6 Å². The summed E-state index contributed by atoms with van der Waals surface area (Å²) in [5.41, 5.74) is 2.13. The van der Waals surface area contributed by atoms with Crippen LogP contribution in [0.15, 0.2) is 30.5 Å². The van der Waals surface area contributed by atoms with Crippen LogP contribution in [0.25, 0.3) is 0 Å². The molecule has 4 heteroatoms. The Morgan fingerprint density at radius 3 is 2.67 bits per heavy atom. The van der Waals surface area contributed by atoms with E-state index in [0.717, 1.165) is 16.9 Å². The molecule has 2 amide bonds. The second-order valence-electron chi connectivity index (χ2n) is 5.42. The van der Waals surface area contributed by atoms with Gasteiger partial charge in [0.15, 0.2) is 0 Å². The van der Waals surface area contributed by atoms with E-state index >= 15 is 0 Å². The van der Waals surface area contributed by atoms with Crippen LogP contribution in [0.4, 0.5) is 4.79 Å². The predicted molar refractivity (Wildman–Crippen MR) is 86.4 cm³/mol. The zero-order valence-corrected chi connectivity index (χ0v) is 13.6. The Morgan fingerprint density at radius 2 is 2.05 bits per heavy atom. The maximum atomic E-state index is 11.8. The summed E-state index contributed by atoms with van der Waals surface area (Å²) in [5, 5.41) is 5.62. The highest BCUT2D eigenvalue weighted by Gasteiger charge is 2.14. The quantitative estimate of drug-likeness (QED) is 0.834. The monoisotopic (exact) mass is 290 g/mol. The van der Waals surface area contributed by atoms with Gasteiger partial charge in [0.05, 0.1) is 12.6 Å². The van der Waals surface area contributed by atoms with E-state index in [9.17, 15) is 4.79 Å². The first-order chi connectivity index (χ1) is 9.93. The van der Waals surface area contributed by atoms with Crippen LogP contribution in [-0.2, 0) is 0 Å². The van der Waals surface area contributed by atoms with Crippen LogP contribution in [0.1, 0.15) is 44.9 Å². The van der Waals surface area contributed by atoms with E-state index in [1.165, 1.54) is 0 Å². The third-order valence-electron chi connectivity index (χ3n) is 2.97. The lowest BCUT2D eigenvalue weighted by molar-refractivity contribution is 0.240. The molecule has 0 aromatic heterocycles. The predicted octanol–water partition coefficient (Wildman–Crippen LogP) is 3.92. The number of benzene rings is 1. The van der Waals surface area contributed by atoms with Gasteiger partial charge in [-0.25, -0.2) is 4.79 Å². The molecular formula is C17H26N2O2. The number of carbonyl (C=O) groups is 1. The molecular weight excluding hydrogens is 264 g/mol. The van der Waals surface area contributed by atoms with Crippen LogP contribution in [0.3, 0.4) is 0 Å². The molecule has 1 aromatic carbocycles. The normalized spacial score (nSPS) is 12.5. The Morgan fingerprint density at radius 1 is 1.33 bits per heavy atom. The minimum Gasteiger partial charge on any atom is -0.494 e. The molecule has 0 aliphatic carbocycles. The number of allylic oxidation sites excluding steroid dienone is 1. The molecule has 0 aliphatic rings. The Bertz CT molecular complexity index is 496. The second-order valence-corrected chi connectivity index (χ2v) is 5.42. The highest BCUT2D eigenvalue weighted by atomic mass is 16.5. The number of aryl methyl sites for hydroxylation is 1. The van der Waals surface area contributed by atoms with E-state index in [0.29, 0.717) is 12.5 Å². The van der Waals surface area contributed by atoms with Gasteiger partial charge in [0, 0.05) is 11.8 Å². The number of nitrogens with one attached hydrogen (secondary N) is 2. The van der Waals surface area contributed by atoms with Crippen molar-refractivity contribution < 1.29 is 9.53 Å². The molecule has 21 heavy (non-hydrogen) atoms. The first-order valence-electron chi connectivity index (χ1n) is 7.41. The zero-order valence-electron chi connectivity index (χ0n) is 13.6. The smallest absolute Gasteiger partial charge is 0.319 e. The first-order valence-corrected chi connectivity index (χ1v) is 7.41. The van der Waals surface area contributed by atoms with Gasteiger partial charge in [-0.15, -0.1) is 0 Å². The van der Waals surface area contributed by atoms with E-state index in [4.69, 9.17) is 4.74 Å². The molecule has 4 nitrogen and oxygen atoms in total. The van der Waals surface area contributed by atoms with Crippen molar-refractivity contribution in [3.05, 3.63) is 41.6 Å². The molecule has 0 aliphatic heterocycles. The lowest BCUT2D eigenvalue weighted by atomic mass is 10.0. The first kappa shape index (κ1) is 17.1. The summed E-state index contributed by atoms with van der Waals surface area (Å²) in [6, 6.07) is 5.65. The fraction of sp³-hybridized carbons (Fsp3) is 0.471. The molecule has 0 radical (unpaired) electrons. The second kappa shape index (κ2) is 8.35. The van der Waals surface area contributed by atoms with Gasteiger partial charge in [0.1, 0.15) is 5.75 Å². The highest BCUT2D eigenvalue weighted by molar-refractivity contribution is 5.75. The molecule has 0 saturated carbocycles. The van der Waals surface area contributed by atoms with Crippen LogP contribution >= 0.6 is 0 Å². The van der Waals surface area contributed by atoms with Crippen LogP contribution < -0.4 is 15.4 Å². The molecule has 1 unspecified atom stereocenters. The van der Waals surface area contributed by atoms with Gasteiger partial charge in [-0.1, -0.05) is 37.6 Å². The standard InChI is InChI=1S/C17H26N2O2/c1-6-21-16-8-7-13(4)11-15(16)14(5)19-17(20)18-10-9-12(2)3/h7-12,14H,6H2,1-5H3,(H2,18,19,20)/b10-9+. The van der Waals surface area contributed by atoms with Gasteiger partial charge >= 0.3 is 6.03 Å². The lowest BCUT2D eigenvalue weighted by Gasteiger charge is -2.18. The van der Waals surface area contributed by atoms with E-state index in [1.807, 2.05) is 45.0 Å². The zero-order chi connectivity index (χ0) is 15.8. The number of carbonyl (C=O) groups excluding carboxylic acids is 1. The van der Waals surface area contributed by atoms with E-state index in [-0.39, 0.29) is 12.1 Å². The summed E-state index contributed by atoms with van der Waals surface area (Å²) in [5.74, 6) is 1.22. The Hall–Kier alpha value is -1.97. The Kier molecular flexibility index (Phi) is 6.79. The third-order valence-corrected chi connectivity index (χ3v) is 2.97. The van der Waals surface area contributed by atoms with Gasteiger partial charge in [0.2, 0.25) is 0 Å². The molecule has 0 fully saturated rings. The van der Waals surface area contributed by atoms with Crippen LogP contribution in [0.2, 0.25) is 0 Å². The van der Waals surface area contributed by atoms with Gasteiger partial charge in [0.25, 0.3) is 0 Å². The molecule has 0 saturated heterocycles. The summed E-state index contributed by atoms with van der Waals surface area (Å²) in [7, 11) is 0. The number of amides is 2. The summed E-state index contributed by atoms with van der Waals surface area (Å²) in [6.07, 6.45) is 3.61. The van der Waals surface area contributed by atoms with E-state index < -0.39 is 0 Å². The minimum atomic E-state index is -0.219. The van der Waals surface area contributed by atoms with Crippen molar-refractivity contribution >= 4 is 6.03 Å². The molecule has 0 heterocycles. The summed E-state index contributed by atoms with van der Waals surface area (Å²) in [6.45, 7) is 10.6. The largest absolute Gasteiger partial charge is 0.494 e. The highest BCUT2D eigenvalue weighted by Crippen LogP contribution is 2.26. The number of ether oxygens (including phenoxy) is 1. The Balaban J connectivity index is 2.72. The van der Waals surface area contributed by atoms with Crippen molar-refractivity contribution in [2.45, 2.75) is 40.7 Å². The van der Waals surface area contributed by atoms with Crippen LogP contribution in [0, 0.1) is 12.8 Å². The van der Waals surface area contributed by atoms with E-state index in [1.54, 1.807) is 6.20 Å². The number of hydrogen-bond acceptors (Lipinski definition) is 2. The summed E-state index contributed by atoms with van der Waals surface area (Å²) < 4.78 is 5.62. The van der Waals surface area contributed by atoms with Gasteiger partial charge in [-0.3, -0.25) is 0 Å². The minimum absolute atomic E-state index is 0.126. The van der Waals surface area contributed by atoms with Crippen molar-refractivity contribution in [2.24, 2.45) is 5.92 Å². The third kappa shape index (κ3) is 5.90. The molecule has 2 N–H and O–H groups in total. The molecule has 116 valence electrons. The SMILES string of the molecule is CCOc1ccc(C)cc1C(C)NC(=O)N/C=C/C(C)C. The van der Waals surface area contributed by atoms with Crippen molar-refractivity contribution in [1.29, 1.82) is 0 Å². The lowest BCUT2D eigenvalue weighted by Crippen LogP contribution is -2.34. The maximum absolute atomic E-state index is 11.8. The van der Waals surface area contributed by atoms with Crippen molar-refractivity contribution in [3.8, 4) is 5.75 Å².